The summed E-state index contributed by atoms with van der Waals surface area (Å²) in [6.07, 6.45) is -10.5. The molecule has 4 aliphatic rings. The Labute approximate surface area is 164 Å². The molecule has 0 aromatic carbocycles. The fourth-order valence-corrected chi connectivity index (χ4v) is 4.58. The van der Waals surface area contributed by atoms with Gasteiger partial charge in [0.05, 0.1) is 19.6 Å². The summed E-state index contributed by atoms with van der Waals surface area (Å²) in [4.78, 5) is 12.1. The molecule has 0 bridgehead atoms. The highest BCUT2D eigenvalue weighted by Gasteiger charge is 2.81. The van der Waals surface area contributed by atoms with Gasteiger partial charge < -0.3 is 54.3 Å². The van der Waals surface area contributed by atoms with Gasteiger partial charge in [0, 0.05) is 0 Å². The summed E-state index contributed by atoms with van der Waals surface area (Å²) < 4.78 is 26.5. The largest absolute Gasteiger partial charge is 0.471 e. The predicted octanol–water partition coefficient (Wildman–Crippen LogP) is -3.90. The number of carbonyl (C=O) groups excluding carboxylic acids is 1. The van der Waals surface area contributed by atoms with Gasteiger partial charge in [0.2, 0.25) is 6.29 Å². The molecule has 0 spiro atoms. The lowest BCUT2D eigenvalue weighted by Gasteiger charge is -2.46. The number of ether oxygens (including phenoxy) is 5. The first-order valence-corrected chi connectivity index (χ1v) is 9.09. The summed E-state index contributed by atoms with van der Waals surface area (Å²) >= 11 is 0. The van der Waals surface area contributed by atoms with Crippen molar-refractivity contribution in [1.29, 1.82) is 0 Å². The van der Waals surface area contributed by atoms with Crippen molar-refractivity contribution in [2.45, 2.75) is 67.3 Å². The highest BCUT2D eigenvalue weighted by atomic mass is 16.8. The molecule has 12 heteroatoms. The summed E-state index contributed by atoms with van der Waals surface area (Å²) in [7, 11) is 1.11. The molecule has 6 N–H and O–H groups in total. The maximum Gasteiger partial charge on any atom is 0.339 e. The topological polar surface area (TPSA) is 188 Å². The Morgan fingerprint density at radius 3 is 2.48 bits per heavy atom. The normalized spacial score (nSPS) is 53.4. The van der Waals surface area contributed by atoms with Crippen molar-refractivity contribution in [1.82, 2.24) is 0 Å². The molecule has 164 valence electrons. The SMILES string of the molecule is COC(=O)C1=CO[C@H](O[C@@H]2O[C@H](CO)[C@@H](O)[C@H](O)[C@H]2O)[C@@H]2[C@]3(C)O[C@@H]3[C@@H](O)[C@]12O. The third kappa shape index (κ3) is 2.76. The van der Waals surface area contributed by atoms with Gasteiger partial charge in [0.1, 0.15) is 59.7 Å². The lowest BCUT2D eigenvalue weighted by atomic mass is 9.77. The molecule has 0 aromatic rings. The Balaban J connectivity index is 1.64. The van der Waals surface area contributed by atoms with E-state index in [2.05, 4.69) is 4.74 Å². The molecule has 1 aliphatic carbocycles. The smallest absolute Gasteiger partial charge is 0.339 e. The van der Waals surface area contributed by atoms with Crippen LogP contribution in [0.2, 0.25) is 0 Å². The molecule has 3 fully saturated rings. The van der Waals surface area contributed by atoms with Crippen LogP contribution >= 0.6 is 0 Å². The van der Waals surface area contributed by atoms with E-state index in [9.17, 15) is 35.4 Å². The molecule has 3 aliphatic heterocycles. The number of rotatable bonds is 4. The first-order valence-electron chi connectivity index (χ1n) is 9.09. The average molecular weight is 420 g/mol. The first kappa shape index (κ1) is 20.9. The Morgan fingerprint density at radius 1 is 1.17 bits per heavy atom. The summed E-state index contributed by atoms with van der Waals surface area (Å²) in [5.41, 5.74) is -3.55. The molecule has 0 unspecified atom stereocenters. The molecular weight excluding hydrogens is 396 g/mol. The lowest BCUT2D eigenvalue weighted by molar-refractivity contribution is -0.350. The number of epoxide rings is 1. The number of hydrogen-bond donors (Lipinski definition) is 6. The summed E-state index contributed by atoms with van der Waals surface area (Å²) in [5.74, 6) is -2.03. The summed E-state index contributed by atoms with van der Waals surface area (Å²) in [5, 5.41) is 61.2. The van der Waals surface area contributed by atoms with Gasteiger partial charge in [-0.3, -0.25) is 0 Å². The Bertz CT molecular complexity index is 711. The lowest BCUT2D eigenvalue weighted by Crippen LogP contribution is -2.63. The van der Waals surface area contributed by atoms with E-state index in [1.54, 1.807) is 6.92 Å². The van der Waals surface area contributed by atoms with Crippen LogP contribution in [0.1, 0.15) is 6.92 Å². The van der Waals surface area contributed by atoms with Crippen LogP contribution in [0.4, 0.5) is 0 Å². The molecule has 1 saturated carbocycles. The van der Waals surface area contributed by atoms with Crippen LogP contribution in [-0.4, -0.2) is 111 Å². The van der Waals surface area contributed by atoms with Crippen molar-refractivity contribution in [3.8, 4) is 0 Å². The highest BCUT2D eigenvalue weighted by Crippen LogP contribution is 2.63. The predicted molar refractivity (Wildman–Crippen MR) is 87.5 cm³/mol. The van der Waals surface area contributed by atoms with Gasteiger partial charge in [0.25, 0.3) is 0 Å². The second-order valence-corrected chi connectivity index (χ2v) is 7.83. The Hall–Kier alpha value is -1.35. The second-order valence-electron chi connectivity index (χ2n) is 7.83. The number of methoxy groups -OCH3 is 1. The fourth-order valence-electron chi connectivity index (χ4n) is 4.58. The van der Waals surface area contributed by atoms with Crippen molar-refractivity contribution in [3.63, 3.8) is 0 Å². The number of aliphatic hydroxyl groups excluding tert-OH is 5. The number of aliphatic hydroxyl groups is 6. The molecule has 3 heterocycles. The third-order valence-corrected chi connectivity index (χ3v) is 6.26. The van der Waals surface area contributed by atoms with Crippen molar-refractivity contribution in [2.75, 3.05) is 13.7 Å². The Kier molecular flexibility index (Phi) is 4.93. The average Bonchev–Trinajstić information content (AvgIpc) is 3.34. The van der Waals surface area contributed by atoms with E-state index in [-0.39, 0.29) is 5.57 Å². The van der Waals surface area contributed by atoms with Gasteiger partial charge >= 0.3 is 5.97 Å². The molecule has 4 rings (SSSR count). The first-order chi connectivity index (χ1) is 13.6. The van der Waals surface area contributed by atoms with Gasteiger partial charge in [0.15, 0.2) is 6.29 Å². The van der Waals surface area contributed by atoms with Crippen LogP contribution in [0.15, 0.2) is 11.8 Å². The number of esters is 1. The number of fused-ring (bicyclic) bond motifs is 3. The third-order valence-electron chi connectivity index (χ3n) is 6.26. The summed E-state index contributed by atoms with van der Waals surface area (Å²) in [6.45, 7) is 0.939. The van der Waals surface area contributed by atoms with E-state index in [1.807, 2.05) is 0 Å². The van der Waals surface area contributed by atoms with Crippen LogP contribution in [0.5, 0.6) is 0 Å². The maximum atomic E-state index is 12.1. The molecule has 11 atom stereocenters. The van der Waals surface area contributed by atoms with E-state index < -0.39 is 78.9 Å². The van der Waals surface area contributed by atoms with Gasteiger partial charge in [-0.2, -0.15) is 0 Å². The van der Waals surface area contributed by atoms with Crippen molar-refractivity contribution < 1.29 is 59.1 Å². The number of carbonyl (C=O) groups is 1. The van der Waals surface area contributed by atoms with Gasteiger partial charge in [-0.15, -0.1) is 0 Å². The number of hydrogen-bond acceptors (Lipinski definition) is 12. The second kappa shape index (κ2) is 6.83. The van der Waals surface area contributed by atoms with E-state index in [0.717, 1.165) is 13.4 Å². The Morgan fingerprint density at radius 2 is 1.86 bits per heavy atom. The molecule has 0 amide bonds. The van der Waals surface area contributed by atoms with Crippen LogP contribution in [0, 0.1) is 5.92 Å². The standard InChI is InChI=1S/C17H24O12/c1-16-10-15(28-14-9(21)8(20)7(19)6(3-18)27-14)26-4-5(13(23)25-2)17(10,24)11(22)12(16)29-16/h4,6-12,14-15,18-22,24H,3H2,1-2H3/t6-,7-,8+,9-,10-,11-,12-,14+,15-,16+,17+/m1/s1. The van der Waals surface area contributed by atoms with Crippen molar-refractivity contribution in [3.05, 3.63) is 11.8 Å². The van der Waals surface area contributed by atoms with Crippen molar-refractivity contribution >= 4 is 5.97 Å². The summed E-state index contributed by atoms with van der Waals surface area (Å²) in [6, 6.07) is 0. The molecule has 2 saturated heterocycles. The molecule has 12 nitrogen and oxygen atoms in total. The zero-order valence-electron chi connectivity index (χ0n) is 15.6. The maximum absolute atomic E-state index is 12.1. The van der Waals surface area contributed by atoms with E-state index in [1.165, 1.54) is 0 Å². The van der Waals surface area contributed by atoms with E-state index >= 15 is 0 Å². The molecule has 0 aromatic heterocycles. The van der Waals surface area contributed by atoms with Crippen molar-refractivity contribution in [2.24, 2.45) is 5.92 Å². The van der Waals surface area contributed by atoms with E-state index in [4.69, 9.17) is 18.9 Å². The molecule has 29 heavy (non-hydrogen) atoms. The van der Waals surface area contributed by atoms with Crippen LogP contribution in [0.25, 0.3) is 0 Å². The fraction of sp³-hybridized carbons (Fsp3) is 0.824. The molecule has 0 radical (unpaired) electrons. The quantitative estimate of drug-likeness (QED) is 0.192. The monoisotopic (exact) mass is 420 g/mol. The minimum Gasteiger partial charge on any atom is -0.471 e. The minimum absolute atomic E-state index is 0.317. The van der Waals surface area contributed by atoms with Gasteiger partial charge in [-0.1, -0.05) is 0 Å². The van der Waals surface area contributed by atoms with Gasteiger partial charge in [-0.25, -0.2) is 4.79 Å². The minimum atomic E-state index is -2.12. The van der Waals surface area contributed by atoms with Gasteiger partial charge in [-0.05, 0) is 6.92 Å². The van der Waals surface area contributed by atoms with Crippen LogP contribution < -0.4 is 0 Å². The highest BCUT2D eigenvalue weighted by molar-refractivity contribution is 5.91. The van der Waals surface area contributed by atoms with E-state index in [0.29, 0.717) is 0 Å². The van der Waals surface area contributed by atoms with Crippen LogP contribution in [-0.2, 0) is 28.5 Å². The molecular formula is C17H24O12. The van der Waals surface area contributed by atoms with Crippen LogP contribution in [0.3, 0.4) is 0 Å². The zero-order valence-corrected chi connectivity index (χ0v) is 15.6. The zero-order chi connectivity index (χ0) is 21.3.